The van der Waals surface area contributed by atoms with E-state index in [1.807, 2.05) is 23.1 Å². The summed E-state index contributed by atoms with van der Waals surface area (Å²) in [6, 6.07) is 16.7. The van der Waals surface area contributed by atoms with Crippen molar-refractivity contribution in [3.8, 4) is 5.75 Å². The van der Waals surface area contributed by atoms with E-state index in [0.717, 1.165) is 18.7 Å². The Bertz CT molecular complexity index is 657. The molecule has 2 aromatic rings. The number of nitrogens with zero attached hydrogens (tertiary/aromatic N) is 2. The third kappa shape index (κ3) is 2.97. The first-order chi connectivity index (χ1) is 10.6. The van der Waals surface area contributed by atoms with Crippen LogP contribution in [0.2, 0.25) is 0 Å². The van der Waals surface area contributed by atoms with Gasteiger partial charge in [0, 0.05) is 25.2 Å². The number of piperazine rings is 1. The topological polar surface area (TPSA) is 43.8 Å². The molecule has 1 fully saturated rings. The van der Waals surface area contributed by atoms with Gasteiger partial charge in [-0.3, -0.25) is 4.79 Å². The maximum atomic E-state index is 12.8. The Morgan fingerprint density at radius 3 is 2.59 bits per heavy atom. The normalized spacial score (nSPS) is 19.1. The molecule has 0 aliphatic carbocycles. The summed E-state index contributed by atoms with van der Waals surface area (Å²) in [5.74, 6) is 0.0918. The van der Waals surface area contributed by atoms with E-state index in [4.69, 9.17) is 0 Å². The molecule has 1 N–H and O–H groups in total. The second-order valence-corrected chi connectivity index (χ2v) is 5.74. The summed E-state index contributed by atoms with van der Waals surface area (Å²) in [7, 11) is 2.08. The predicted molar refractivity (Wildman–Crippen MR) is 85.8 cm³/mol. The minimum Gasteiger partial charge on any atom is -0.508 e. The summed E-state index contributed by atoms with van der Waals surface area (Å²) in [4.78, 5) is 17.0. The fourth-order valence-electron chi connectivity index (χ4n) is 2.93. The first-order valence-corrected chi connectivity index (χ1v) is 7.48. The van der Waals surface area contributed by atoms with Gasteiger partial charge < -0.3 is 14.9 Å². The fraction of sp³-hybridized carbons (Fsp3) is 0.278. The largest absolute Gasteiger partial charge is 0.508 e. The van der Waals surface area contributed by atoms with Gasteiger partial charge in [-0.25, -0.2) is 0 Å². The van der Waals surface area contributed by atoms with Crippen molar-refractivity contribution < 1.29 is 9.90 Å². The van der Waals surface area contributed by atoms with E-state index in [2.05, 4.69) is 24.1 Å². The van der Waals surface area contributed by atoms with Crippen molar-refractivity contribution in [2.24, 2.45) is 0 Å². The Kier molecular flexibility index (Phi) is 4.11. The SMILES string of the molecule is CN1CCN(C(=O)c2cccc(O)c2)C(c2ccccc2)C1. The van der Waals surface area contributed by atoms with Crippen LogP contribution in [0.3, 0.4) is 0 Å². The van der Waals surface area contributed by atoms with Crippen LogP contribution in [0.1, 0.15) is 22.0 Å². The first-order valence-electron chi connectivity index (χ1n) is 7.48. The number of hydrogen-bond donors (Lipinski definition) is 1. The number of amides is 1. The molecule has 0 aromatic heterocycles. The van der Waals surface area contributed by atoms with Gasteiger partial charge in [-0.05, 0) is 30.8 Å². The lowest BCUT2D eigenvalue weighted by Crippen LogP contribution is -2.49. The van der Waals surface area contributed by atoms with Gasteiger partial charge in [-0.15, -0.1) is 0 Å². The van der Waals surface area contributed by atoms with Crippen LogP contribution in [-0.2, 0) is 0 Å². The minimum atomic E-state index is -0.0298. The van der Waals surface area contributed by atoms with Crippen LogP contribution in [0, 0.1) is 0 Å². The third-order valence-corrected chi connectivity index (χ3v) is 4.12. The van der Waals surface area contributed by atoms with Crippen molar-refractivity contribution in [1.82, 2.24) is 9.80 Å². The number of aromatic hydroxyl groups is 1. The summed E-state index contributed by atoms with van der Waals surface area (Å²) < 4.78 is 0. The quantitative estimate of drug-likeness (QED) is 0.926. The fourth-order valence-corrected chi connectivity index (χ4v) is 2.93. The van der Waals surface area contributed by atoms with E-state index in [0.29, 0.717) is 12.1 Å². The second-order valence-electron chi connectivity index (χ2n) is 5.74. The number of benzene rings is 2. The van der Waals surface area contributed by atoms with Crippen LogP contribution in [0.15, 0.2) is 54.6 Å². The molecule has 1 atom stereocenters. The molecule has 114 valence electrons. The molecule has 0 spiro atoms. The third-order valence-electron chi connectivity index (χ3n) is 4.12. The maximum absolute atomic E-state index is 12.8. The molecule has 1 unspecified atom stereocenters. The zero-order valence-corrected chi connectivity index (χ0v) is 12.6. The molecule has 4 nitrogen and oxygen atoms in total. The highest BCUT2D eigenvalue weighted by molar-refractivity contribution is 5.95. The van der Waals surface area contributed by atoms with E-state index in [1.165, 1.54) is 6.07 Å². The van der Waals surface area contributed by atoms with Crippen molar-refractivity contribution in [2.45, 2.75) is 6.04 Å². The zero-order valence-electron chi connectivity index (χ0n) is 12.6. The number of phenolic OH excluding ortho intramolecular Hbond substituents is 1. The van der Waals surface area contributed by atoms with Crippen molar-refractivity contribution in [1.29, 1.82) is 0 Å². The average Bonchev–Trinajstić information content (AvgIpc) is 2.55. The molecule has 1 saturated heterocycles. The molecule has 1 aliphatic heterocycles. The number of hydrogen-bond acceptors (Lipinski definition) is 3. The Balaban J connectivity index is 1.91. The number of rotatable bonds is 2. The van der Waals surface area contributed by atoms with E-state index in [1.54, 1.807) is 18.2 Å². The highest BCUT2D eigenvalue weighted by atomic mass is 16.3. The average molecular weight is 296 g/mol. The summed E-state index contributed by atoms with van der Waals surface area (Å²) in [6.45, 7) is 2.35. The van der Waals surface area contributed by atoms with E-state index in [9.17, 15) is 9.90 Å². The predicted octanol–water partition coefficient (Wildman–Crippen LogP) is 2.52. The molecule has 1 heterocycles. The highest BCUT2D eigenvalue weighted by Crippen LogP contribution is 2.27. The number of phenols is 1. The zero-order chi connectivity index (χ0) is 15.5. The monoisotopic (exact) mass is 296 g/mol. The molecule has 4 heteroatoms. The molecular weight excluding hydrogens is 276 g/mol. The van der Waals surface area contributed by atoms with Crippen LogP contribution in [0.25, 0.3) is 0 Å². The maximum Gasteiger partial charge on any atom is 0.254 e. The van der Waals surface area contributed by atoms with Gasteiger partial charge in [0.15, 0.2) is 0 Å². The van der Waals surface area contributed by atoms with Crippen LogP contribution < -0.4 is 0 Å². The Hall–Kier alpha value is -2.33. The summed E-state index contributed by atoms with van der Waals surface area (Å²) in [6.07, 6.45) is 0. The van der Waals surface area contributed by atoms with E-state index >= 15 is 0 Å². The van der Waals surface area contributed by atoms with Gasteiger partial charge in [0.2, 0.25) is 0 Å². The number of carbonyl (C=O) groups excluding carboxylic acids is 1. The molecule has 2 aromatic carbocycles. The van der Waals surface area contributed by atoms with Crippen molar-refractivity contribution in [3.63, 3.8) is 0 Å². The highest BCUT2D eigenvalue weighted by Gasteiger charge is 2.30. The van der Waals surface area contributed by atoms with Crippen LogP contribution in [0.5, 0.6) is 5.75 Å². The lowest BCUT2D eigenvalue weighted by molar-refractivity contribution is 0.0497. The van der Waals surface area contributed by atoms with Crippen molar-refractivity contribution in [2.75, 3.05) is 26.7 Å². The van der Waals surface area contributed by atoms with Gasteiger partial charge in [0.25, 0.3) is 5.91 Å². The van der Waals surface area contributed by atoms with Gasteiger partial charge in [0.05, 0.1) is 6.04 Å². The molecule has 1 aliphatic rings. The minimum absolute atomic E-state index is 0.0298. The Labute approximate surface area is 130 Å². The van der Waals surface area contributed by atoms with Crippen LogP contribution >= 0.6 is 0 Å². The first kappa shape index (κ1) is 14.6. The summed E-state index contributed by atoms with van der Waals surface area (Å²) in [5, 5.41) is 9.61. The molecule has 3 rings (SSSR count). The van der Waals surface area contributed by atoms with Crippen molar-refractivity contribution >= 4 is 5.91 Å². The number of likely N-dealkylation sites (N-methyl/N-ethyl adjacent to an activating group) is 1. The molecular formula is C18H20N2O2. The molecule has 0 bridgehead atoms. The van der Waals surface area contributed by atoms with Gasteiger partial charge >= 0.3 is 0 Å². The lowest BCUT2D eigenvalue weighted by atomic mass is 10.0. The Morgan fingerprint density at radius 1 is 1.09 bits per heavy atom. The van der Waals surface area contributed by atoms with Crippen LogP contribution in [-0.4, -0.2) is 47.5 Å². The second kappa shape index (κ2) is 6.20. The number of carbonyl (C=O) groups is 1. The van der Waals surface area contributed by atoms with Crippen molar-refractivity contribution in [3.05, 3.63) is 65.7 Å². The molecule has 1 amide bonds. The van der Waals surface area contributed by atoms with Crippen LogP contribution in [0.4, 0.5) is 0 Å². The lowest BCUT2D eigenvalue weighted by Gasteiger charge is -2.40. The van der Waals surface area contributed by atoms with E-state index < -0.39 is 0 Å². The molecule has 22 heavy (non-hydrogen) atoms. The molecule has 0 radical (unpaired) electrons. The standard InChI is InChI=1S/C18H20N2O2/c1-19-10-11-20(17(13-19)14-6-3-2-4-7-14)18(22)15-8-5-9-16(21)12-15/h2-9,12,17,21H,10-11,13H2,1H3. The summed E-state index contributed by atoms with van der Waals surface area (Å²) in [5.41, 5.74) is 1.67. The Morgan fingerprint density at radius 2 is 1.86 bits per heavy atom. The summed E-state index contributed by atoms with van der Waals surface area (Å²) >= 11 is 0. The van der Waals surface area contributed by atoms with E-state index in [-0.39, 0.29) is 17.7 Å². The van der Waals surface area contributed by atoms with Gasteiger partial charge in [0.1, 0.15) is 5.75 Å². The molecule has 0 saturated carbocycles. The van der Waals surface area contributed by atoms with Gasteiger partial charge in [-0.2, -0.15) is 0 Å². The van der Waals surface area contributed by atoms with Gasteiger partial charge in [-0.1, -0.05) is 36.4 Å². The smallest absolute Gasteiger partial charge is 0.254 e.